The minimum Gasteiger partial charge on any atom is -0.468 e. The first kappa shape index (κ1) is 11.9. The zero-order valence-electron chi connectivity index (χ0n) is 9.61. The maximum absolute atomic E-state index is 12.2. The summed E-state index contributed by atoms with van der Waals surface area (Å²) in [4.78, 5) is 0.0257. The van der Waals surface area contributed by atoms with Crippen LogP contribution in [0.3, 0.4) is 0 Å². The molecule has 0 spiro atoms. The Morgan fingerprint density at radius 3 is 2.84 bits per heavy atom. The zero-order valence-corrected chi connectivity index (χ0v) is 10.4. The molecule has 0 fully saturated rings. The molecule has 1 aromatic carbocycles. The molecule has 0 unspecified atom stereocenters. The summed E-state index contributed by atoms with van der Waals surface area (Å²) in [7, 11) is -3.71. The second-order valence-corrected chi connectivity index (χ2v) is 5.53. The van der Waals surface area contributed by atoms with Crippen molar-refractivity contribution in [2.45, 2.75) is 11.4 Å². The van der Waals surface area contributed by atoms with E-state index in [9.17, 15) is 8.42 Å². The zero-order chi connectivity index (χ0) is 13.3. The van der Waals surface area contributed by atoms with E-state index in [1.807, 2.05) is 0 Å². The van der Waals surface area contributed by atoms with E-state index in [2.05, 4.69) is 19.7 Å². The predicted molar refractivity (Wildman–Crippen MR) is 64.5 cm³/mol. The Kier molecular flexibility index (Phi) is 2.80. The number of furan rings is 1. The van der Waals surface area contributed by atoms with Crippen molar-refractivity contribution in [1.82, 2.24) is 15.0 Å². The highest BCUT2D eigenvalue weighted by molar-refractivity contribution is 7.89. The van der Waals surface area contributed by atoms with Crippen LogP contribution in [0.1, 0.15) is 5.76 Å². The van der Waals surface area contributed by atoms with Crippen molar-refractivity contribution in [3.05, 3.63) is 42.4 Å². The second-order valence-electron chi connectivity index (χ2n) is 3.79. The van der Waals surface area contributed by atoms with Crippen molar-refractivity contribution >= 4 is 21.1 Å². The SMILES string of the molecule is O=S(=O)(NCc1ccco1)c1cccc2nonc12. The van der Waals surface area contributed by atoms with Gasteiger partial charge in [0.05, 0.1) is 12.8 Å². The standard InChI is InChI=1S/C11H9N3O4S/c15-19(16,12-7-8-3-2-6-17-8)10-5-1-4-9-11(10)14-18-13-9/h1-6,12H,7H2. The van der Waals surface area contributed by atoms with E-state index in [1.165, 1.54) is 12.3 Å². The van der Waals surface area contributed by atoms with Gasteiger partial charge in [0.25, 0.3) is 0 Å². The fourth-order valence-corrected chi connectivity index (χ4v) is 2.80. The maximum atomic E-state index is 12.2. The van der Waals surface area contributed by atoms with Gasteiger partial charge in [0, 0.05) is 0 Å². The Bertz CT molecular complexity index is 792. The molecule has 0 amide bonds. The molecule has 19 heavy (non-hydrogen) atoms. The highest BCUT2D eigenvalue weighted by Gasteiger charge is 2.20. The predicted octanol–water partition coefficient (Wildman–Crippen LogP) is 1.29. The Morgan fingerprint density at radius 1 is 1.16 bits per heavy atom. The first-order chi connectivity index (χ1) is 9.17. The number of hydrogen-bond acceptors (Lipinski definition) is 6. The summed E-state index contributed by atoms with van der Waals surface area (Å²) in [6.45, 7) is 0.0665. The average Bonchev–Trinajstić information content (AvgIpc) is 3.06. The summed E-state index contributed by atoms with van der Waals surface area (Å²) >= 11 is 0. The third-order valence-corrected chi connectivity index (χ3v) is 3.99. The van der Waals surface area contributed by atoms with E-state index in [0.29, 0.717) is 11.3 Å². The number of fused-ring (bicyclic) bond motifs is 1. The van der Waals surface area contributed by atoms with Crippen molar-refractivity contribution in [3.8, 4) is 0 Å². The van der Waals surface area contributed by atoms with Gasteiger partial charge in [-0.3, -0.25) is 0 Å². The van der Waals surface area contributed by atoms with Crippen LogP contribution in [0.25, 0.3) is 11.0 Å². The number of nitrogens with one attached hydrogen (secondary N) is 1. The van der Waals surface area contributed by atoms with E-state index in [0.717, 1.165) is 0 Å². The lowest BCUT2D eigenvalue weighted by Gasteiger charge is -2.04. The lowest BCUT2D eigenvalue weighted by Crippen LogP contribution is -2.23. The highest BCUT2D eigenvalue weighted by Crippen LogP contribution is 2.19. The first-order valence-corrected chi connectivity index (χ1v) is 6.88. The van der Waals surface area contributed by atoms with Crippen molar-refractivity contribution < 1.29 is 17.5 Å². The van der Waals surface area contributed by atoms with Gasteiger partial charge in [-0.25, -0.2) is 17.8 Å². The van der Waals surface area contributed by atoms with Crippen molar-refractivity contribution in [3.63, 3.8) is 0 Å². The molecular formula is C11H9N3O4S. The van der Waals surface area contributed by atoms with Crippen LogP contribution >= 0.6 is 0 Å². The fourth-order valence-electron chi connectivity index (χ4n) is 1.66. The van der Waals surface area contributed by atoms with Crippen LogP contribution < -0.4 is 4.72 Å². The number of sulfonamides is 1. The van der Waals surface area contributed by atoms with E-state index in [1.54, 1.807) is 24.3 Å². The Morgan fingerprint density at radius 2 is 2.05 bits per heavy atom. The molecule has 0 bridgehead atoms. The molecule has 98 valence electrons. The molecule has 0 radical (unpaired) electrons. The summed E-state index contributed by atoms with van der Waals surface area (Å²) in [5.41, 5.74) is 0.593. The number of rotatable bonds is 4. The molecule has 0 saturated carbocycles. The van der Waals surface area contributed by atoms with E-state index >= 15 is 0 Å². The lowest BCUT2D eigenvalue weighted by atomic mass is 10.3. The van der Waals surface area contributed by atoms with Crippen LogP contribution in [0.2, 0.25) is 0 Å². The van der Waals surface area contributed by atoms with Crippen molar-refractivity contribution in [2.24, 2.45) is 0 Å². The summed E-state index contributed by atoms with van der Waals surface area (Å²) in [6, 6.07) is 8.01. The molecule has 3 rings (SSSR count). The number of hydrogen-bond donors (Lipinski definition) is 1. The van der Waals surface area contributed by atoms with E-state index < -0.39 is 10.0 Å². The topological polar surface area (TPSA) is 98.2 Å². The molecule has 0 saturated heterocycles. The van der Waals surface area contributed by atoms with Gasteiger partial charge in [-0.2, -0.15) is 0 Å². The Hall–Kier alpha value is -2.19. The molecule has 0 aliphatic rings. The van der Waals surface area contributed by atoms with Crippen molar-refractivity contribution in [2.75, 3.05) is 0 Å². The van der Waals surface area contributed by atoms with Crippen LogP contribution in [-0.2, 0) is 16.6 Å². The highest BCUT2D eigenvalue weighted by atomic mass is 32.2. The second kappa shape index (κ2) is 4.48. The molecule has 8 heteroatoms. The van der Waals surface area contributed by atoms with Gasteiger partial charge in [0.1, 0.15) is 16.2 Å². The smallest absolute Gasteiger partial charge is 0.243 e. The quantitative estimate of drug-likeness (QED) is 0.772. The summed E-state index contributed by atoms with van der Waals surface area (Å²) < 4.78 is 36.4. The molecular weight excluding hydrogens is 270 g/mol. The summed E-state index contributed by atoms with van der Waals surface area (Å²) in [5.74, 6) is 0.522. The molecule has 0 aliphatic heterocycles. The van der Waals surface area contributed by atoms with Gasteiger partial charge in [0.2, 0.25) is 10.0 Å². The van der Waals surface area contributed by atoms with Crippen LogP contribution in [0, 0.1) is 0 Å². The van der Waals surface area contributed by atoms with Crippen LogP contribution in [0.4, 0.5) is 0 Å². The van der Waals surface area contributed by atoms with E-state index in [4.69, 9.17) is 4.42 Å². The lowest BCUT2D eigenvalue weighted by molar-refractivity contribution is 0.315. The maximum Gasteiger partial charge on any atom is 0.243 e. The van der Waals surface area contributed by atoms with Crippen LogP contribution in [0.15, 0.2) is 50.5 Å². The molecule has 3 aromatic rings. The van der Waals surface area contributed by atoms with Crippen molar-refractivity contribution in [1.29, 1.82) is 0 Å². The molecule has 0 atom stereocenters. The van der Waals surface area contributed by atoms with Crippen LogP contribution in [-0.4, -0.2) is 18.7 Å². The van der Waals surface area contributed by atoms with Gasteiger partial charge in [0.15, 0.2) is 5.52 Å². The third-order valence-electron chi connectivity index (χ3n) is 2.56. The third kappa shape index (κ3) is 2.23. The fraction of sp³-hybridized carbons (Fsp3) is 0.0909. The molecule has 2 aromatic heterocycles. The minimum atomic E-state index is -3.71. The Labute approximate surface area is 108 Å². The normalized spacial score (nSPS) is 12.0. The minimum absolute atomic E-state index is 0.0257. The summed E-state index contributed by atoms with van der Waals surface area (Å²) in [5, 5.41) is 7.21. The van der Waals surface area contributed by atoms with E-state index in [-0.39, 0.29) is 17.0 Å². The molecule has 1 N–H and O–H groups in total. The van der Waals surface area contributed by atoms with Gasteiger partial charge in [-0.1, -0.05) is 6.07 Å². The first-order valence-electron chi connectivity index (χ1n) is 5.40. The molecule has 0 aliphatic carbocycles. The molecule has 7 nitrogen and oxygen atoms in total. The largest absolute Gasteiger partial charge is 0.468 e. The van der Waals surface area contributed by atoms with Gasteiger partial charge >= 0.3 is 0 Å². The van der Waals surface area contributed by atoms with Gasteiger partial charge < -0.3 is 4.42 Å². The summed E-state index contributed by atoms with van der Waals surface area (Å²) in [6.07, 6.45) is 1.48. The number of benzene rings is 1. The number of nitrogens with zero attached hydrogens (tertiary/aromatic N) is 2. The molecule has 2 heterocycles. The average molecular weight is 279 g/mol. The van der Waals surface area contributed by atoms with Gasteiger partial charge in [-0.15, -0.1) is 0 Å². The van der Waals surface area contributed by atoms with Crippen LogP contribution in [0.5, 0.6) is 0 Å². The van der Waals surface area contributed by atoms with Gasteiger partial charge in [-0.05, 0) is 34.6 Å². The number of aromatic nitrogens is 2. The Balaban J connectivity index is 1.93. The monoisotopic (exact) mass is 279 g/mol.